The molecule has 1 heterocycles. The molecule has 0 atom stereocenters. The average molecular weight is 392 g/mol. The van der Waals surface area contributed by atoms with E-state index in [0.717, 1.165) is 5.56 Å². The predicted molar refractivity (Wildman–Crippen MR) is 100 cm³/mol. The van der Waals surface area contributed by atoms with Crippen molar-refractivity contribution in [3.05, 3.63) is 65.5 Å². The third kappa shape index (κ3) is 5.77. The fourth-order valence-corrected chi connectivity index (χ4v) is 4.04. The number of hydrogen-bond acceptors (Lipinski definition) is 4. The smallest absolute Gasteiger partial charge is 0.236 e. The fourth-order valence-electron chi connectivity index (χ4n) is 2.85. The first kappa shape index (κ1) is 19.3. The normalized spacial score (nSPS) is 14.8. The Hall–Kier alpha value is -2.45. The van der Waals surface area contributed by atoms with Crippen LogP contribution in [-0.2, 0) is 31.7 Å². The summed E-state index contributed by atoms with van der Waals surface area (Å²) >= 11 is 0. The van der Waals surface area contributed by atoms with Crippen LogP contribution >= 0.6 is 0 Å². The molecule has 0 bridgehead atoms. The lowest BCUT2D eigenvalue weighted by Gasteiger charge is -2.26. The molecule has 0 aromatic heterocycles. The van der Waals surface area contributed by atoms with Crippen LogP contribution in [0.15, 0.2) is 48.5 Å². The quantitative estimate of drug-likeness (QED) is 0.818. The van der Waals surface area contributed by atoms with Gasteiger partial charge in [-0.05, 0) is 35.4 Å². The number of halogens is 1. The zero-order valence-corrected chi connectivity index (χ0v) is 15.5. The van der Waals surface area contributed by atoms with Gasteiger partial charge in [0.25, 0.3) is 0 Å². The third-order valence-corrected chi connectivity index (χ3v) is 5.45. The second-order valence-electron chi connectivity index (χ2n) is 6.36. The molecule has 8 heteroatoms. The molecular formula is C19H21FN2O4S. The molecule has 1 aliphatic rings. The average Bonchev–Trinajstić information content (AvgIpc) is 2.63. The first-order chi connectivity index (χ1) is 12.9. The predicted octanol–water partition coefficient (Wildman–Crippen LogP) is 2.17. The summed E-state index contributed by atoms with van der Waals surface area (Å²) < 4.78 is 45.4. The lowest BCUT2D eigenvalue weighted by atomic mass is 10.1. The van der Waals surface area contributed by atoms with Crippen LogP contribution in [0.4, 0.5) is 10.1 Å². The molecule has 1 saturated heterocycles. The van der Waals surface area contributed by atoms with E-state index in [9.17, 15) is 17.6 Å². The molecule has 1 N–H and O–H groups in total. The standard InChI is InChI=1S/C19H21FN2O4S/c20-17-3-1-2-16(12-17)14-27(24,25)21-18-6-4-15(5-7-18)13-19(23)22-8-10-26-11-9-22/h1-7,12,21H,8-11,13-14H2. The summed E-state index contributed by atoms with van der Waals surface area (Å²) in [6, 6.07) is 12.2. The fraction of sp³-hybridized carbons (Fsp3) is 0.316. The van der Waals surface area contributed by atoms with Crippen LogP contribution in [0.3, 0.4) is 0 Å². The molecule has 1 amide bonds. The van der Waals surface area contributed by atoms with Crippen molar-refractivity contribution in [2.75, 3.05) is 31.0 Å². The van der Waals surface area contributed by atoms with Crippen molar-refractivity contribution in [2.45, 2.75) is 12.2 Å². The van der Waals surface area contributed by atoms with Gasteiger partial charge in [-0.15, -0.1) is 0 Å². The summed E-state index contributed by atoms with van der Waals surface area (Å²) in [6.45, 7) is 2.29. The number of carbonyl (C=O) groups excluding carboxylic acids is 1. The Morgan fingerprint density at radius 1 is 1.07 bits per heavy atom. The van der Waals surface area contributed by atoms with Crippen LogP contribution in [0.25, 0.3) is 0 Å². The number of morpholine rings is 1. The van der Waals surface area contributed by atoms with Crippen LogP contribution in [-0.4, -0.2) is 45.5 Å². The van der Waals surface area contributed by atoms with Crippen molar-refractivity contribution in [2.24, 2.45) is 0 Å². The highest BCUT2D eigenvalue weighted by molar-refractivity contribution is 7.91. The Balaban J connectivity index is 1.58. The van der Waals surface area contributed by atoms with E-state index in [4.69, 9.17) is 4.74 Å². The number of ether oxygens (including phenoxy) is 1. The molecule has 27 heavy (non-hydrogen) atoms. The number of benzene rings is 2. The van der Waals surface area contributed by atoms with Crippen molar-refractivity contribution in [3.63, 3.8) is 0 Å². The first-order valence-electron chi connectivity index (χ1n) is 8.61. The maximum absolute atomic E-state index is 13.2. The van der Waals surface area contributed by atoms with E-state index in [-0.39, 0.29) is 18.1 Å². The number of amides is 1. The third-order valence-electron chi connectivity index (χ3n) is 4.19. The van der Waals surface area contributed by atoms with Crippen molar-refractivity contribution < 1.29 is 22.3 Å². The van der Waals surface area contributed by atoms with Gasteiger partial charge in [-0.3, -0.25) is 9.52 Å². The molecule has 0 radical (unpaired) electrons. The van der Waals surface area contributed by atoms with Crippen molar-refractivity contribution in [1.82, 2.24) is 4.90 Å². The molecule has 2 aromatic rings. The molecular weight excluding hydrogens is 371 g/mol. The number of anilines is 1. The van der Waals surface area contributed by atoms with Crippen molar-refractivity contribution in [1.29, 1.82) is 0 Å². The summed E-state index contributed by atoms with van der Waals surface area (Å²) in [4.78, 5) is 14.0. The van der Waals surface area contributed by atoms with Gasteiger partial charge in [-0.25, -0.2) is 12.8 Å². The number of carbonyl (C=O) groups is 1. The van der Waals surface area contributed by atoms with Gasteiger partial charge in [0.05, 0.1) is 25.4 Å². The minimum atomic E-state index is -3.66. The molecule has 0 aliphatic carbocycles. The summed E-state index contributed by atoms with van der Waals surface area (Å²) in [7, 11) is -3.66. The highest BCUT2D eigenvalue weighted by atomic mass is 32.2. The highest BCUT2D eigenvalue weighted by Crippen LogP contribution is 2.15. The minimum absolute atomic E-state index is 0.0257. The molecule has 144 valence electrons. The molecule has 0 saturated carbocycles. The van der Waals surface area contributed by atoms with Gasteiger partial charge in [0, 0.05) is 18.8 Å². The second-order valence-corrected chi connectivity index (χ2v) is 8.08. The number of sulfonamides is 1. The second kappa shape index (κ2) is 8.49. The molecule has 3 rings (SSSR count). The van der Waals surface area contributed by atoms with Gasteiger partial charge in [-0.1, -0.05) is 24.3 Å². The van der Waals surface area contributed by atoms with Gasteiger partial charge in [-0.2, -0.15) is 0 Å². The van der Waals surface area contributed by atoms with Crippen LogP contribution in [0.5, 0.6) is 0 Å². The topological polar surface area (TPSA) is 75.7 Å². The molecule has 1 aliphatic heterocycles. The van der Waals surface area contributed by atoms with E-state index in [1.807, 2.05) is 0 Å². The largest absolute Gasteiger partial charge is 0.378 e. The zero-order chi connectivity index (χ0) is 19.3. The van der Waals surface area contributed by atoms with Crippen LogP contribution in [0.1, 0.15) is 11.1 Å². The van der Waals surface area contributed by atoms with Gasteiger partial charge in [0.2, 0.25) is 15.9 Å². The summed E-state index contributed by atoms with van der Waals surface area (Å²) in [5.41, 5.74) is 1.57. The van der Waals surface area contributed by atoms with E-state index in [0.29, 0.717) is 37.6 Å². The summed E-state index contributed by atoms with van der Waals surface area (Å²) in [6.07, 6.45) is 0.260. The maximum Gasteiger partial charge on any atom is 0.236 e. The number of rotatable bonds is 6. The van der Waals surface area contributed by atoms with Gasteiger partial charge in [0.15, 0.2) is 0 Å². The lowest BCUT2D eigenvalue weighted by Crippen LogP contribution is -2.41. The SMILES string of the molecule is O=C(Cc1ccc(NS(=O)(=O)Cc2cccc(F)c2)cc1)N1CCOCC1. The van der Waals surface area contributed by atoms with Gasteiger partial charge in [0.1, 0.15) is 5.82 Å². The molecule has 0 spiro atoms. The number of nitrogens with zero attached hydrogens (tertiary/aromatic N) is 1. The summed E-state index contributed by atoms with van der Waals surface area (Å²) in [5.74, 6) is -0.767. The van der Waals surface area contributed by atoms with Crippen LogP contribution < -0.4 is 4.72 Å². The first-order valence-corrected chi connectivity index (χ1v) is 10.3. The van der Waals surface area contributed by atoms with E-state index in [2.05, 4.69) is 4.72 Å². The number of nitrogens with one attached hydrogen (secondary N) is 1. The summed E-state index contributed by atoms with van der Waals surface area (Å²) in [5, 5.41) is 0. The van der Waals surface area contributed by atoms with Crippen LogP contribution in [0, 0.1) is 5.82 Å². The van der Waals surface area contributed by atoms with E-state index < -0.39 is 15.8 Å². The Kier molecular flexibility index (Phi) is 6.08. The lowest BCUT2D eigenvalue weighted by molar-refractivity contribution is -0.134. The van der Waals surface area contributed by atoms with Crippen molar-refractivity contribution in [3.8, 4) is 0 Å². The Morgan fingerprint density at radius 3 is 2.44 bits per heavy atom. The van der Waals surface area contributed by atoms with Crippen LogP contribution in [0.2, 0.25) is 0 Å². The van der Waals surface area contributed by atoms with Gasteiger partial charge < -0.3 is 9.64 Å². The highest BCUT2D eigenvalue weighted by Gasteiger charge is 2.17. The Labute approximate surface area is 158 Å². The van der Waals surface area contributed by atoms with E-state index >= 15 is 0 Å². The zero-order valence-electron chi connectivity index (χ0n) is 14.7. The Bertz CT molecular complexity index is 894. The Morgan fingerprint density at radius 2 is 1.78 bits per heavy atom. The maximum atomic E-state index is 13.2. The molecule has 6 nitrogen and oxygen atoms in total. The molecule has 1 fully saturated rings. The van der Waals surface area contributed by atoms with E-state index in [1.54, 1.807) is 35.2 Å². The minimum Gasteiger partial charge on any atom is -0.378 e. The van der Waals surface area contributed by atoms with Gasteiger partial charge >= 0.3 is 0 Å². The van der Waals surface area contributed by atoms with Crippen molar-refractivity contribution >= 4 is 21.6 Å². The molecule has 0 unspecified atom stereocenters. The monoisotopic (exact) mass is 392 g/mol. The molecule has 2 aromatic carbocycles. The van der Waals surface area contributed by atoms with E-state index in [1.165, 1.54) is 18.2 Å². The number of hydrogen-bond donors (Lipinski definition) is 1.